The first kappa shape index (κ1) is 11.5. The summed E-state index contributed by atoms with van der Waals surface area (Å²) < 4.78 is 6.11. The summed E-state index contributed by atoms with van der Waals surface area (Å²) in [5.74, 6) is 1.14. The van der Waals surface area contributed by atoms with E-state index in [0.717, 1.165) is 22.0 Å². The Morgan fingerprint density at radius 3 is 2.88 bits per heavy atom. The van der Waals surface area contributed by atoms with Crippen LogP contribution >= 0.6 is 27.5 Å². The van der Waals surface area contributed by atoms with Gasteiger partial charge in [-0.15, -0.1) is 0 Å². The Bertz CT molecular complexity index is 525. The fourth-order valence-electron chi connectivity index (χ4n) is 1.55. The quantitative estimate of drug-likeness (QED) is 0.915. The highest BCUT2D eigenvalue weighted by Gasteiger charge is 2.16. The molecule has 0 fully saturated rings. The molecule has 2 rings (SSSR count). The highest BCUT2D eigenvalue weighted by molar-refractivity contribution is 9.10. The zero-order chi connectivity index (χ0) is 11.7. The minimum atomic E-state index is 0.444. The summed E-state index contributed by atoms with van der Waals surface area (Å²) in [5, 5.41) is 4.44. The summed E-state index contributed by atoms with van der Waals surface area (Å²) in [5.41, 5.74) is 7.55. The van der Waals surface area contributed by atoms with Gasteiger partial charge in [0.05, 0.1) is 0 Å². The van der Waals surface area contributed by atoms with Crippen molar-refractivity contribution in [1.82, 2.24) is 5.16 Å². The van der Waals surface area contributed by atoms with Gasteiger partial charge in [-0.25, -0.2) is 0 Å². The molecule has 0 atom stereocenters. The highest BCUT2D eigenvalue weighted by atomic mass is 79.9. The van der Waals surface area contributed by atoms with Gasteiger partial charge in [0.1, 0.15) is 0 Å². The maximum atomic E-state index is 5.88. The van der Waals surface area contributed by atoms with Gasteiger partial charge in [0, 0.05) is 20.6 Å². The molecule has 0 aliphatic carbocycles. The molecule has 1 aromatic carbocycles. The van der Waals surface area contributed by atoms with Gasteiger partial charge in [0.15, 0.2) is 11.6 Å². The van der Waals surface area contributed by atoms with Crippen LogP contribution in [0.25, 0.3) is 11.3 Å². The molecule has 0 aliphatic rings. The fourth-order valence-corrected chi connectivity index (χ4v) is 2.41. The van der Waals surface area contributed by atoms with Gasteiger partial charge in [0.2, 0.25) is 0 Å². The average molecular weight is 302 g/mol. The lowest BCUT2D eigenvalue weighted by atomic mass is 10.1. The number of aromatic nitrogens is 1. The number of halogens is 2. The van der Waals surface area contributed by atoms with E-state index < -0.39 is 0 Å². The molecule has 3 nitrogen and oxygen atoms in total. The SMILES string of the molecule is CCc1c(N)noc1-c1ccc(Cl)cc1Br. The number of rotatable bonds is 2. The van der Waals surface area contributed by atoms with Gasteiger partial charge in [-0.3, -0.25) is 0 Å². The zero-order valence-corrected chi connectivity index (χ0v) is 11.0. The Labute approximate surface area is 107 Å². The molecule has 2 N–H and O–H groups in total. The Morgan fingerprint density at radius 1 is 1.50 bits per heavy atom. The van der Waals surface area contributed by atoms with Crippen molar-refractivity contribution in [3.63, 3.8) is 0 Å². The van der Waals surface area contributed by atoms with E-state index in [-0.39, 0.29) is 0 Å². The maximum absolute atomic E-state index is 5.88. The van der Waals surface area contributed by atoms with Gasteiger partial charge in [-0.05, 0) is 40.5 Å². The Morgan fingerprint density at radius 2 is 2.25 bits per heavy atom. The van der Waals surface area contributed by atoms with Crippen molar-refractivity contribution in [2.75, 3.05) is 5.73 Å². The van der Waals surface area contributed by atoms with Gasteiger partial charge in [-0.2, -0.15) is 0 Å². The Balaban J connectivity index is 2.58. The van der Waals surface area contributed by atoms with Gasteiger partial charge in [0.25, 0.3) is 0 Å². The van der Waals surface area contributed by atoms with E-state index in [1.54, 1.807) is 6.07 Å². The molecule has 0 bridgehead atoms. The van der Waals surface area contributed by atoms with Crippen LogP contribution in [0.1, 0.15) is 12.5 Å². The molecule has 1 heterocycles. The molecule has 5 heteroatoms. The molecule has 0 radical (unpaired) electrons. The molecule has 16 heavy (non-hydrogen) atoms. The number of hydrogen-bond donors (Lipinski definition) is 1. The number of anilines is 1. The van der Waals surface area contributed by atoms with E-state index in [0.29, 0.717) is 16.6 Å². The van der Waals surface area contributed by atoms with Crippen molar-refractivity contribution in [1.29, 1.82) is 0 Å². The van der Waals surface area contributed by atoms with Crippen LogP contribution in [0.15, 0.2) is 27.2 Å². The van der Waals surface area contributed by atoms with Crippen LogP contribution in [0.3, 0.4) is 0 Å². The van der Waals surface area contributed by atoms with Crippen molar-refractivity contribution in [2.45, 2.75) is 13.3 Å². The van der Waals surface area contributed by atoms with E-state index in [4.69, 9.17) is 21.9 Å². The predicted octanol–water partition coefficient (Wildman–Crippen LogP) is 3.90. The smallest absolute Gasteiger partial charge is 0.173 e. The summed E-state index contributed by atoms with van der Waals surface area (Å²) >= 11 is 9.33. The molecule has 0 spiro atoms. The van der Waals surface area contributed by atoms with Crippen LogP contribution in [-0.4, -0.2) is 5.16 Å². The molecule has 0 saturated heterocycles. The van der Waals surface area contributed by atoms with Crippen molar-refractivity contribution >= 4 is 33.3 Å². The lowest BCUT2D eigenvalue weighted by molar-refractivity contribution is 0.435. The first-order chi connectivity index (χ1) is 7.63. The maximum Gasteiger partial charge on any atom is 0.173 e. The lowest BCUT2D eigenvalue weighted by Crippen LogP contribution is -1.91. The summed E-state index contributed by atoms with van der Waals surface area (Å²) in [6.07, 6.45) is 0.778. The zero-order valence-electron chi connectivity index (χ0n) is 8.63. The second kappa shape index (κ2) is 4.47. The van der Waals surface area contributed by atoms with E-state index in [1.807, 2.05) is 19.1 Å². The molecule has 0 unspecified atom stereocenters. The number of hydrogen-bond acceptors (Lipinski definition) is 3. The molecule has 0 aliphatic heterocycles. The average Bonchev–Trinajstić information content (AvgIpc) is 2.59. The molecule has 1 aromatic heterocycles. The Kier molecular flexibility index (Phi) is 3.21. The van der Waals surface area contributed by atoms with Crippen LogP contribution in [-0.2, 0) is 6.42 Å². The molecular weight excluding hydrogens is 291 g/mol. The lowest BCUT2D eigenvalue weighted by Gasteiger charge is -2.02. The first-order valence-corrected chi connectivity index (χ1v) is 6.00. The van der Waals surface area contributed by atoms with Crippen LogP contribution in [0, 0.1) is 0 Å². The molecule has 0 amide bonds. The van der Waals surface area contributed by atoms with Crippen molar-refractivity contribution in [3.05, 3.63) is 33.3 Å². The topological polar surface area (TPSA) is 52.0 Å². The van der Waals surface area contributed by atoms with E-state index in [2.05, 4.69) is 21.1 Å². The van der Waals surface area contributed by atoms with E-state index in [1.165, 1.54) is 0 Å². The van der Waals surface area contributed by atoms with Crippen molar-refractivity contribution in [2.24, 2.45) is 0 Å². The molecule has 2 aromatic rings. The third kappa shape index (κ3) is 1.95. The number of nitrogen functional groups attached to an aromatic ring is 1. The van der Waals surface area contributed by atoms with Crippen LogP contribution in [0.2, 0.25) is 5.02 Å². The van der Waals surface area contributed by atoms with Crippen molar-refractivity contribution < 1.29 is 4.52 Å². The standard InChI is InChI=1S/C11H10BrClN2O/c1-2-7-10(16-15-11(7)14)8-4-3-6(13)5-9(8)12/h3-5H,2H2,1H3,(H2,14,15). The largest absolute Gasteiger partial charge is 0.381 e. The van der Waals surface area contributed by atoms with Crippen LogP contribution in [0.4, 0.5) is 5.82 Å². The van der Waals surface area contributed by atoms with E-state index in [9.17, 15) is 0 Å². The second-order valence-electron chi connectivity index (χ2n) is 3.35. The van der Waals surface area contributed by atoms with E-state index >= 15 is 0 Å². The van der Waals surface area contributed by atoms with Gasteiger partial charge >= 0.3 is 0 Å². The number of nitrogens with zero attached hydrogens (tertiary/aromatic N) is 1. The number of benzene rings is 1. The fraction of sp³-hybridized carbons (Fsp3) is 0.182. The summed E-state index contributed by atoms with van der Waals surface area (Å²) in [6.45, 7) is 2.01. The van der Waals surface area contributed by atoms with Crippen LogP contribution < -0.4 is 5.73 Å². The molecule has 0 saturated carbocycles. The van der Waals surface area contributed by atoms with Crippen molar-refractivity contribution in [3.8, 4) is 11.3 Å². The summed E-state index contributed by atoms with van der Waals surface area (Å²) in [4.78, 5) is 0. The summed E-state index contributed by atoms with van der Waals surface area (Å²) in [7, 11) is 0. The minimum Gasteiger partial charge on any atom is -0.381 e. The molecular formula is C11H10BrClN2O. The minimum absolute atomic E-state index is 0.444. The normalized spacial score (nSPS) is 10.7. The predicted molar refractivity (Wildman–Crippen MR) is 68.4 cm³/mol. The first-order valence-electron chi connectivity index (χ1n) is 4.83. The van der Waals surface area contributed by atoms with Crippen LogP contribution in [0.5, 0.6) is 0 Å². The third-order valence-electron chi connectivity index (χ3n) is 2.35. The Hall–Kier alpha value is -1.000. The second-order valence-corrected chi connectivity index (χ2v) is 4.64. The monoisotopic (exact) mass is 300 g/mol. The van der Waals surface area contributed by atoms with Gasteiger partial charge in [-0.1, -0.05) is 23.7 Å². The highest BCUT2D eigenvalue weighted by Crippen LogP contribution is 2.34. The molecule has 84 valence electrons. The van der Waals surface area contributed by atoms with Gasteiger partial charge < -0.3 is 10.3 Å². The number of nitrogens with two attached hydrogens (primary N) is 1. The summed E-state index contributed by atoms with van der Waals surface area (Å²) in [6, 6.07) is 5.50. The third-order valence-corrected chi connectivity index (χ3v) is 3.24.